The van der Waals surface area contributed by atoms with Crippen molar-refractivity contribution in [1.29, 1.82) is 0 Å². The van der Waals surface area contributed by atoms with Gasteiger partial charge >= 0.3 is 5.97 Å². The minimum absolute atomic E-state index is 0.284. The van der Waals surface area contributed by atoms with Crippen LogP contribution in [0.2, 0.25) is 0 Å². The van der Waals surface area contributed by atoms with Crippen molar-refractivity contribution in [2.24, 2.45) is 0 Å². The minimum Gasteiger partial charge on any atom is -0.465 e. The van der Waals surface area contributed by atoms with E-state index < -0.39 is 5.60 Å². The number of rotatable bonds is 4. The number of methoxy groups -OCH3 is 1. The van der Waals surface area contributed by atoms with Gasteiger partial charge in [-0.05, 0) is 44.4 Å². The van der Waals surface area contributed by atoms with Gasteiger partial charge in [0.2, 0.25) is 0 Å². The topological polar surface area (TPSA) is 46.5 Å². The van der Waals surface area contributed by atoms with Gasteiger partial charge in [-0.15, -0.1) is 0 Å². The van der Waals surface area contributed by atoms with Crippen molar-refractivity contribution in [3.63, 3.8) is 0 Å². The van der Waals surface area contributed by atoms with Crippen molar-refractivity contribution in [3.8, 4) is 0 Å². The average molecular weight is 328 g/mol. The summed E-state index contributed by atoms with van der Waals surface area (Å²) in [6.45, 7) is 8.03. The Kier molecular flexibility index (Phi) is 7.66. The fourth-order valence-corrected chi connectivity index (χ4v) is 2.48. The van der Waals surface area contributed by atoms with Crippen molar-refractivity contribution >= 4 is 5.97 Å². The van der Waals surface area contributed by atoms with Crippen molar-refractivity contribution in [3.05, 3.63) is 70.8 Å². The molecule has 24 heavy (non-hydrogen) atoms. The molecule has 0 amide bonds. The number of carbonyl (C=O) groups is 1. The largest absolute Gasteiger partial charge is 0.465 e. The molecule has 3 heteroatoms. The highest BCUT2D eigenvalue weighted by Gasteiger charge is 2.24. The summed E-state index contributed by atoms with van der Waals surface area (Å²) in [7, 11) is 1.38. The van der Waals surface area contributed by atoms with E-state index in [4.69, 9.17) is 0 Å². The Balaban J connectivity index is 0.000000243. The van der Waals surface area contributed by atoms with Crippen LogP contribution >= 0.6 is 0 Å². The summed E-state index contributed by atoms with van der Waals surface area (Å²) < 4.78 is 4.55. The number of hydrogen-bond donors (Lipinski definition) is 1. The number of esters is 1. The van der Waals surface area contributed by atoms with Gasteiger partial charge in [0, 0.05) is 0 Å². The molecule has 3 nitrogen and oxygen atoms in total. The molecule has 0 spiro atoms. The van der Waals surface area contributed by atoms with E-state index in [2.05, 4.69) is 23.8 Å². The number of carbonyl (C=O) groups excluding carboxylic acids is 1. The molecular formula is C21H28O3. The Morgan fingerprint density at radius 2 is 1.54 bits per heavy atom. The standard InChI is InChI=1S/C12H18O.C9H10O2/c1-4-12(13,5-2)11-8-6-7-10(3)9-11;1-7-4-3-5-8(6-7)9(10)11-2/h6-9,13H,4-5H2,1-3H3;3-6H,1-2H3. The Labute approximate surface area is 145 Å². The smallest absolute Gasteiger partial charge is 0.337 e. The Bertz CT molecular complexity index is 658. The van der Waals surface area contributed by atoms with Crippen LogP contribution < -0.4 is 0 Å². The third-order valence-corrected chi connectivity index (χ3v) is 4.16. The van der Waals surface area contributed by atoms with Gasteiger partial charge in [-0.3, -0.25) is 0 Å². The van der Waals surface area contributed by atoms with E-state index in [-0.39, 0.29) is 5.97 Å². The van der Waals surface area contributed by atoms with E-state index in [0.29, 0.717) is 5.56 Å². The van der Waals surface area contributed by atoms with Crippen LogP contribution in [0.5, 0.6) is 0 Å². The second kappa shape index (κ2) is 9.24. The SMILES string of the molecule is CCC(O)(CC)c1cccc(C)c1.COC(=O)c1cccc(C)c1. The number of aryl methyl sites for hydroxylation is 2. The van der Waals surface area contributed by atoms with E-state index in [1.165, 1.54) is 12.7 Å². The molecule has 0 saturated heterocycles. The average Bonchev–Trinajstić information content (AvgIpc) is 2.61. The van der Waals surface area contributed by atoms with Gasteiger partial charge in [-0.1, -0.05) is 61.4 Å². The van der Waals surface area contributed by atoms with E-state index in [1.54, 1.807) is 12.1 Å². The number of hydrogen-bond acceptors (Lipinski definition) is 3. The van der Waals surface area contributed by atoms with Crippen LogP contribution in [0, 0.1) is 13.8 Å². The zero-order valence-corrected chi connectivity index (χ0v) is 15.3. The third-order valence-electron chi connectivity index (χ3n) is 4.16. The molecule has 1 N–H and O–H groups in total. The predicted molar refractivity (Wildman–Crippen MR) is 98.2 cm³/mol. The second-order valence-corrected chi connectivity index (χ2v) is 5.97. The normalized spacial score (nSPS) is 10.6. The molecule has 0 fully saturated rings. The maximum atomic E-state index is 10.9. The van der Waals surface area contributed by atoms with Gasteiger partial charge in [0.05, 0.1) is 18.3 Å². The van der Waals surface area contributed by atoms with Gasteiger partial charge in [0.15, 0.2) is 0 Å². The Morgan fingerprint density at radius 3 is 2.00 bits per heavy atom. The summed E-state index contributed by atoms with van der Waals surface area (Å²) in [6, 6.07) is 15.4. The van der Waals surface area contributed by atoms with E-state index in [0.717, 1.165) is 24.0 Å². The lowest BCUT2D eigenvalue weighted by Crippen LogP contribution is -2.23. The molecule has 130 valence electrons. The zero-order chi connectivity index (χ0) is 18.2. The van der Waals surface area contributed by atoms with Crippen LogP contribution in [-0.2, 0) is 10.3 Å². The second-order valence-electron chi connectivity index (χ2n) is 5.97. The summed E-state index contributed by atoms with van der Waals surface area (Å²) in [4.78, 5) is 10.9. The Hall–Kier alpha value is -2.13. The van der Waals surface area contributed by atoms with Gasteiger partial charge < -0.3 is 9.84 Å². The minimum atomic E-state index is -0.633. The molecule has 0 aliphatic carbocycles. The number of aliphatic hydroxyl groups is 1. The quantitative estimate of drug-likeness (QED) is 0.821. The van der Waals surface area contributed by atoms with Crippen LogP contribution in [0.1, 0.15) is 53.7 Å². The molecular weight excluding hydrogens is 300 g/mol. The van der Waals surface area contributed by atoms with E-state index >= 15 is 0 Å². The Morgan fingerprint density at radius 1 is 1.00 bits per heavy atom. The summed E-state index contributed by atoms with van der Waals surface area (Å²) in [5.41, 5.74) is 3.28. The number of benzene rings is 2. The number of ether oxygens (including phenoxy) is 1. The lowest BCUT2D eigenvalue weighted by Gasteiger charge is -2.26. The first kappa shape index (κ1) is 19.9. The van der Waals surface area contributed by atoms with Crippen LogP contribution in [0.15, 0.2) is 48.5 Å². The molecule has 2 rings (SSSR count). The summed E-state index contributed by atoms with van der Waals surface area (Å²) in [6.07, 6.45) is 1.54. The van der Waals surface area contributed by atoms with Crippen LogP contribution in [-0.4, -0.2) is 18.2 Å². The van der Waals surface area contributed by atoms with E-state index in [9.17, 15) is 9.90 Å². The zero-order valence-electron chi connectivity index (χ0n) is 15.3. The third kappa shape index (κ3) is 5.50. The molecule has 0 unspecified atom stereocenters. The molecule has 0 atom stereocenters. The lowest BCUT2D eigenvalue weighted by molar-refractivity contribution is 0.0283. The van der Waals surface area contributed by atoms with E-state index in [1.807, 2.05) is 45.0 Å². The highest BCUT2D eigenvalue weighted by atomic mass is 16.5. The molecule has 0 saturated carbocycles. The highest BCUT2D eigenvalue weighted by Crippen LogP contribution is 2.28. The first-order chi connectivity index (χ1) is 11.4. The van der Waals surface area contributed by atoms with Gasteiger partial charge in [-0.25, -0.2) is 4.79 Å². The summed E-state index contributed by atoms with van der Waals surface area (Å²) in [5.74, 6) is -0.284. The molecule has 0 aromatic heterocycles. The van der Waals surface area contributed by atoms with Crippen LogP contribution in [0.3, 0.4) is 0 Å². The molecule has 0 aliphatic rings. The monoisotopic (exact) mass is 328 g/mol. The van der Waals surface area contributed by atoms with Gasteiger partial charge in [-0.2, -0.15) is 0 Å². The first-order valence-electron chi connectivity index (χ1n) is 8.30. The van der Waals surface area contributed by atoms with Gasteiger partial charge in [0.1, 0.15) is 0 Å². The molecule has 0 aliphatic heterocycles. The maximum absolute atomic E-state index is 10.9. The molecule has 0 radical (unpaired) electrons. The van der Waals surface area contributed by atoms with Crippen molar-refractivity contribution < 1.29 is 14.6 Å². The van der Waals surface area contributed by atoms with Crippen molar-refractivity contribution in [2.75, 3.05) is 7.11 Å². The molecule has 0 heterocycles. The van der Waals surface area contributed by atoms with Crippen LogP contribution in [0.25, 0.3) is 0 Å². The molecule has 2 aromatic carbocycles. The van der Waals surface area contributed by atoms with Crippen LogP contribution in [0.4, 0.5) is 0 Å². The fraction of sp³-hybridized carbons (Fsp3) is 0.381. The summed E-state index contributed by atoms with van der Waals surface area (Å²) >= 11 is 0. The predicted octanol–water partition coefficient (Wildman–Crippen LogP) is 4.78. The van der Waals surface area contributed by atoms with Crippen molar-refractivity contribution in [2.45, 2.75) is 46.1 Å². The summed E-state index contributed by atoms with van der Waals surface area (Å²) in [5, 5.41) is 10.2. The highest BCUT2D eigenvalue weighted by molar-refractivity contribution is 5.89. The molecule has 0 bridgehead atoms. The molecule has 2 aromatic rings. The maximum Gasteiger partial charge on any atom is 0.337 e. The lowest BCUT2D eigenvalue weighted by atomic mass is 9.88. The van der Waals surface area contributed by atoms with Crippen molar-refractivity contribution in [1.82, 2.24) is 0 Å². The van der Waals surface area contributed by atoms with Gasteiger partial charge in [0.25, 0.3) is 0 Å². The fourth-order valence-electron chi connectivity index (χ4n) is 2.48. The first-order valence-corrected chi connectivity index (χ1v) is 8.30.